The Hall–Kier alpha value is -2.37. The fourth-order valence-electron chi connectivity index (χ4n) is 1.81. The van der Waals surface area contributed by atoms with Crippen LogP contribution in [0.4, 0.5) is 5.95 Å². The third-order valence-electron chi connectivity index (χ3n) is 2.73. The largest absolute Gasteiger partial charge is 0.465 e. The fourth-order valence-corrected chi connectivity index (χ4v) is 1.81. The van der Waals surface area contributed by atoms with Crippen LogP contribution in [0.1, 0.15) is 29.8 Å². The molecule has 0 radical (unpaired) electrons. The average molecular weight is 260 g/mol. The minimum Gasteiger partial charge on any atom is -0.465 e. The number of rotatable bonds is 4. The first kappa shape index (κ1) is 13.1. The van der Waals surface area contributed by atoms with Crippen LogP contribution in [0.25, 0.3) is 0 Å². The normalized spacial score (nSPS) is 12.1. The van der Waals surface area contributed by atoms with Crippen LogP contribution in [0.15, 0.2) is 24.3 Å². The van der Waals surface area contributed by atoms with E-state index < -0.39 is 5.92 Å². The second kappa shape index (κ2) is 5.51. The van der Waals surface area contributed by atoms with Gasteiger partial charge in [-0.05, 0) is 19.4 Å². The van der Waals surface area contributed by atoms with E-state index in [4.69, 9.17) is 10.5 Å². The minimum absolute atomic E-state index is 0.108. The van der Waals surface area contributed by atoms with Crippen LogP contribution in [-0.4, -0.2) is 27.8 Å². The quantitative estimate of drug-likeness (QED) is 0.810. The molecule has 6 heteroatoms. The highest BCUT2D eigenvalue weighted by Gasteiger charge is 2.27. The van der Waals surface area contributed by atoms with E-state index in [1.807, 2.05) is 31.2 Å². The highest BCUT2D eigenvalue weighted by atomic mass is 16.5. The Bertz CT molecular complexity index is 562. The third kappa shape index (κ3) is 2.90. The molecule has 0 saturated heterocycles. The van der Waals surface area contributed by atoms with Gasteiger partial charge in [-0.15, -0.1) is 5.10 Å². The maximum absolute atomic E-state index is 12.1. The van der Waals surface area contributed by atoms with Crippen LogP contribution < -0.4 is 5.73 Å². The molecule has 3 N–H and O–H groups in total. The topological polar surface area (TPSA) is 93.9 Å². The number of aryl methyl sites for hydroxylation is 1. The third-order valence-corrected chi connectivity index (χ3v) is 2.73. The van der Waals surface area contributed by atoms with E-state index in [1.165, 1.54) is 0 Å². The molecule has 1 atom stereocenters. The molecule has 0 aliphatic carbocycles. The number of hydrogen-bond acceptors (Lipinski definition) is 5. The molecule has 0 spiro atoms. The molecular weight excluding hydrogens is 244 g/mol. The van der Waals surface area contributed by atoms with Gasteiger partial charge in [-0.3, -0.25) is 9.89 Å². The first-order valence-corrected chi connectivity index (χ1v) is 6.02. The number of benzene rings is 1. The lowest BCUT2D eigenvalue weighted by Crippen LogP contribution is -2.18. The molecule has 2 aromatic rings. The lowest BCUT2D eigenvalue weighted by Gasteiger charge is -2.13. The van der Waals surface area contributed by atoms with E-state index in [-0.39, 0.29) is 11.9 Å². The molecule has 0 fully saturated rings. The number of carbonyl (C=O) groups excluding carboxylic acids is 1. The van der Waals surface area contributed by atoms with Gasteiger partial charge < -0.3 is 10.5 Å². The zero-order chi connectivity index (χ0) is 13.8. The van der Waals surface area contributed by atoms with E-state index in [2.05, 4.69) is 15.2 Å². The molecule has 1 aromatic heterocycles. The summed E-state index contributed by atoms with van der Waals surface area (Å²) in [6.45, 7) is 4.05. The number of hydrogen-bond donors (Lipinski definition) is 2. The van der Waals surface area contributed by atoms with Crippen LogP contribution in [0.5, 0.6) is 0 Å². The van der Waals surface area contributed by atoms with Gasteiger partial charge in [0.25, 0.3) is 0 Å². The molecule has 1 aromatic carbocycles. The number of ether oxygens (including phenoxy) is 1. The van der Waals surface area contributed by atoms with E-state index in [0.29, 0.717) is 12.4 Å². The number of anilines is 1. The SMILES string of the molecule is CCOC(=O)C(c1ccc(C)cc1)c1nc(N)n[nH]1. The summed E-state index contributed by atoms with van der Waals surface area (Å²) < 4.78 is 5.08. The summed E-state index contributed by atoms with van der Waals surface area (Å²) in [7, 11) is 0. The molecule has 1 unspecified atom stereocenters. The zero-order valence-electron chi connectivity index (χ0n) is 10.9. The Morgan fingerprint density at radius 2 is 2.11 bits per heavy atom. The van der Waals surface area contributed by atoms with Crippen LogP contribution >= 0.6 is 0 Å². The summed E-state index contributed by atoms with van der Waals surface area (Å²) in [6.07, 6.45) is 0. The van der Waals surface area contributed by atoms with Gasteiger partial charge in [0.15, 0.2) is 0 Å². The second-order valence-corrected chi connectivity index (χ2v) is 4.17. The molecule has 0 aliphatic rings. The summed E-state index contributed by atoms with van der Waals surface area (Å²) in [5, 5.41) is 6.43. The molecule has 0 bridgehead atoms. The van der Waals surface area contributed by atoms with Gasteiger partial charge in [0.2, 0.25) is 5.95 Å². The predicted molar refractivity (Wildman–Crippen MR) is 70.5 cm³/mol. The van der Waals surface area contributed by atoms with Gasteiger partial charge in [-0.25, -0.2) is 0 Å². The average Bonchev–Trinajstić information content (AvgIpc) is 2.79. The number of aromatic nitrogens is 3. The van der Waals surface area contributed by atoms with Crippen molar-refractivity contribution in [2.24, 2.45) is 0 Å². The number of nitrogens with two attached hydrogens (primary N) is 1. The number of carbonyl (C=O) groups is 1. The van der Waals surface area contributed by atoms with Crippen molar-refractivity contribution < 1.29 is 9.53 Å². The highest BCUT2D eigenvalue weighted by molar-refractivity contribution is 5.81. The first-order chi connectivity index (χ1) is 9.11. The Labute approximate surface area is 111 Å². The molecule has 0 amide bonds. The van der Waals surface area contributed by atoms with E-state index in [0.717, 1.165) is 11.1 Å². The molecule has 0 saturated carbocycles. The first-order valence-electron chi connectivity index (χ1n) is 6.02. The summed E-state index contributed by atoms with van der Waals surface area (Å²) in [6, 6.07) is 7.60. The minimum atomic E-state index is -0.634. The van der Waals surface area contributed by atoms with E-state index in [9.17, 15) is 4.79 Å². The number of nitrogen functional groups attached to an aromatic ring is 1. The van der Waals surface area contributed by atoms with Crippen molar-refractivity contribution in [1.29, 1.82) is 0 Å². The summed E-state index contributed by atoms with van der Waals surface area (Å²) >= 11 is 0. The summed E-state index contributed by atoms with van der Waals surface area (Å²) in [5.41, 5.74) is 7.39. The van der Waals surface area contributed by atoms with Gasteiger partial charge in [0.1, 0.15) is 11.7 Å². The van der Waals surface area contributed by atoms with Gasteiger partial charge in [0, 0.05) is 0 Å². The number of esters is 1. The van der Waals surface area contributed by atoms with Crippen molar-refractivity contribution in [2.75, 3.05) is 12.3 Å². The smallest absolute Gasteiger partial charge is 0.321 e. The van der Waals surface area contributed by atoms with Gasteiger partial charge in [0.05, 0.1) is 6.61 Å². The van der Waals surface area contributed by atoms with Crippen molar-refractivity contribution in [3.8, 4) is 0 Å². The van der Waals surface area contributed by atoms with Crippen LogP contribution in [0, 0.1) is 6.92 Å². The second-order valence-electron chi connectivity index (χ2n) is 4.17. The van der Waals surface area contributed by atoms with E-state index >= 15 is 0 Å². The van der Waals surface area contributed by atoms with Gasteiger partial charge in [-0.2, -0.15) is 4.98 Å². The zero-order valence-corrected chi connectivity index (χ0v) is 10.9. The molecule has 0 aliphatic heterocycles. The number of aromatic amines is 1. The molecule has 6 nitrogen and oxygen atoms in total. The van der Waals surface area contributed by atoms with Gasteiger partial charge in [-0.1, -0.05) is 29.8 Å². The van der Waals surface area contributed by atoms with Crippen molar-refractivity contribution in [3.05, 3.63) is 41.2 Å². The molecule has 100 valence electrons. The summed E-state index contributed by atoms with van der Waals surface area (Å²) in [4.78, 5) is 16.1. The van der Waals surface area contributed by atoms with Crippen LogP contribution in [0.2, 0.25) is 0 Å². The maximum atomic E-state index is 12.1. The van der Waals surface area contributed by atoms with E-state index in [1.54, 1.807) is 6.92 Å². The predicted octanol–water partition coefficient (Wildman–Crippen LogP) is 1.39. The Balaban J connectivity index is 2.39. The highest BCUT2D eigenvalue weighted by Crippen LogP contribution is 2.24. The molecule has 19 heavy (non-hydrogen) atoms. The molecule has 1 heterocycles. The fraction of sp³-hybridized carbons (Fsp3) is 0.308. The monoisotopic (exact) mass is 260 g/mol. The Morgan fingerprint density at radius 3 is 2.63 bits per heavy atom. The van der Waals surface area contributed by atoms with Crippen LogP contribution in [-0.2, 0) is 9.53 Å². The number of nitrogens with zero attached hydrogens (tertiary/aromatic N) is 2. The summed E-state index contributed by atoms with van der Waals surface area (Å²) in [5.74, 6) is -0.510. The standard InChI is InChI=1S/C13H16N4O2/c1-3-19-12(18)10(11-15-13(14)17-16-11)9-6-4-8(2)5-7-9/h4-7,10H,3H2,1-2H3,(H3,14,15,16,17). The Kier molecular flexibility index (Phi) is 3.79. The van der Waals surface area contributed by atoms with Crippen molar-refractivity contribution >= 4 is 11.9 Å². The lowest BCUT2D eigenvalue weighted by molar-refractivity contribution is -0.144. The molecule has 2 rings (SSSR count). The van der Waals surface area contributed by atoms with Crippen molar-refractivity contribution in [2.45, 2.75) is 19.8 Å². The number of nitrogens with one attached hydrogen (secondary N) is 1. The van der Waals surface area contributed by atoms with Crippen LogP contribution in [0.3, 0.4) is 0 Å². The Morgan fingerprint density at radius 1 is 1.42 bits per heavy atom. The molecular formula is C13H16N4O2. The van der Waals surface area contributed by atoms with Crippen molar-refractivity contribution in [1.82, 2.24) is 15.2 Å². The van der Waals surface area contributed by atoms with Crippen molar-refractivity contribution in [3.63, 3.8) is 0 Å². The lowest BCUT2D eigenvalue weighted by atomic mass is 9.97. The maximum Gasteiger partial charge on any atom is 0.321 e. The van der Waals surface area contributed by atoms with Gasteiger partial charge >= 0.3 is 5.97 Å². The number of H-pyrrole nitrogens is 1.